The Labute approximate surface area is 135 Å². The molecule has 0 aliphatic carbocycles. The van der Waals surface area contributed by atoms with Crippen LogP contribution in [0.2, 0.25) is 0 Å². The molecule has 1 unspecified atom stereocenters. The van der Waals surface area contributed by atoms with Crippen LogP contribution in [0.1, 0.15) is 52.9 Å². The van der Waals surface area contributed by atoms with E-state index in [9.17, 15) is 4.79 Å². The van der Waals surface area contributed by atoms with Crippen molar-refractivity contribution in [2.75, 3.05) is 32.8 Å². The fourth-order valence-corrected chi connectivity index (χ4v) is 4.25. The van der Waals surface area contributed by atoms with Crippen molar-refractivity contribution in [2.24, 2.45) is 11.3 Å². The van der Waals surface area contributed by atoms with E-state index < -0.39 is 0 Å². The van der Waals surface area contributed by atoms with Crippen LogP contribution in [0.25, 0.3) is 0 Å². The first-order valence-corrected chi connectivity index (χ1v) is 9.09. The van der Waals surface area contributed by atoms with Crippen molar-refractivity contribution < 1.29 is 9.53 Å². The van der Waals surface area contributed by atoms with Crippen LogP contribution in [0, 0.1) is 11.3 Å². The monoisotopic (exact) mass is 308 g/mol. The molecule has 0 bridgehead atoms. The molecule has 3 aliphatic heterocycles. The summed E-state index contributed by atoms with van der Waals surface area (Å²) in [6.45, 7) is 11.6. The molecule has 126 valence electrons. The molecule has 4 heteroatoms. The molecule has 0 spiro atoms. The van der Waals surface area contributed by atoms with Crippen LogP contribution in [-0.2, 0) is 9.53 Å². The van der Waals surface area contributed by atoms with E-state index in [0.29, 0.717) is 17.4 Å². The molecule has 0 N–H and O–H groups in total. The molecule has 1 amide bonds. The van der Waals surface area contributed by atoms with Crippen molar-refractivity contribution in [1.29, 1.82) is 0 Å². The zero-order valence-electron chi connectivity index (χ0n) is 14.5. The smallest absolute Gasteiger partial charge is 0.239 e. The van der Waals surface area contributed by atoms with Gasteiger partial charge in [0, 0.05) is 13.1 Å². The fraction of sp³-hybridized carbons (Fsp3) is 0.944. The van der Waals surface area contributed by atoms with E-state index >= 15 is 0 Å². The van der Waals surface area contributed by atoms with Gasteiger partial charge < -0.3 is 9.64 Å². The van der Waals surface area contributed by atoms with Crippen molar-refractivity contribution >= 4 is 5.91 Å². The Morgan fingerprint density at radius 1 is 1.00 bits per heavy atom. The molecule has 3 saturated heterocycles. The van der Waals surface area contributed by atoms with Gasteiger partial charge in [0.05, 0.1) is 25.3 Å². The van der Waals surface area contributed by atoms with Gasteiger partial charge in [-0.3, -0.25) is 9.69 Å². The van der Waals surface area contributed by atoms with E-state index in [0.717, 1.165) is 58.0 Å². The molecule has 3 rings (SSSR count). The predicted octanol–water partition coefficient (Wildman–Crippen LogP) is 2.52. The summed E-state index contributed by atoms with van der Waals surface area (Å²) >= 11 is 0. The van der Waals surface area contributed by atoms with Crippen LogP contribution in [-0.4, -0.2) is 60.6 Å². The number of carbonyl (C=O) groups excluding carboxylic acids is 1. The number of hydrogen-bond acceptors (Lipinski definition) is 3. The van der Waals surface area contributed by atoms with Gasteiger partial charge in [0.25, 0.3) is 0 Å². The minimum absolute atomic E-state index is 0.119. The second kappa shape index (κ2) is 6.48. The lowest BCUT2D eigenvalue weighted by Crippen LogP contribution is -2.60. The third-order valence-corrected chi connectivity index (χ3v) is 5.95. The minimum Gasteiger partial charge on any atom is -0.378 e. The van der Waals surface area contributed by atoms with Crippen LogP contribution in [0.3, 0.4) is 0 Å². The third kappa shape index (κ3) is 3.33. The van der Waals surface area contributed by atoms with Gasteiger partial charge >= 0.3 is 0 Å². The van der Waals surface area contributed by atoms with E-state index in [-0.39, 0.29) is 6.04 Å². The lowest BCUT2D eigenvalue weighted by Gasteiger charge is -2.46. The predicted molar refractivity (Wildman–Crippen MR) is 87.7 cm³/mol. The Morgan fingerprint density at radius 2 is 1.68 bits per heavy atom. The third-order valence-electron chi connectivity index (χ3n) is 5.95. The van der Waals surface area contributed by atoms with Gasteiger partial charge in [-0.05, 0) is 43.6 Å². The number of carbonyl (C=O) groups is 1. The molecule has 0 aromatic heterocycles. The normalized spacial score (nSPS) is 29.4. The second-order valence-corrected chi connectivity index (χ2v) is 8.41. The summed E-state index contributed by atoms with van der Waals surface area (Å²) in [5, 5.41) is 0. The zero-order valence-corrected chi connectivity index (χ0v) is 14.5. The number of nitrogens with zero attached hydrogens (tertiary/aromatic N) is 2. The molecule has 22 heavy (non-hydrogen) atoms. The molecule has 3 aliphatic rings. The van der Waals surface area contributed by atoms with E-state index in [4.69, 9.17) is 4.74 Å². The molecule has 1 atom stereocenters. The first-order chi connectivity index (χ1) is 10.5. The van der Waals surface area contributed by atoms with Crippen LogP contribution in [0.15, 0.2) is 0 Å². The molecule has 0 aromatic rings. The van der Waals surface area contributed by atoms with E-state index in [2.05, 4.69) is 30.6 Å². The Balaban J connectivity index is 1.58. The highest BCUT2D eigenvalue weighted by atomic mass is 16.5. The Bertz CT molecular complexity index is 392. The molecule has 0 aromatic carbocycles. The molecular formula is C18H32N2O2. The Hall–Kier alpha value is -0.610. The number of likely N-dealkylation sites (tertiary alicyclic amines) is 2. The second-order valence-electron chi connectivity index (χ2n) is 8.41. The van der Waals surface area contributed by atoms with Gasteiger partial charge in [-0.15, -0.1) is 0 Å². The standard InChI is InChI=1S/C18H32N2O2/c1-18(2,3)14-7-10-19(11-8-14)17(21)16-6-4-5-9-20(16)15-12-22-13-15/h14-16H,4-13H2,1-3H3. The highest BCUT2D eigenvalue weighted by molar-refractivity contribution is 5.82. The van der Waals surface area contributed by atoms with Crippen LogP contribution >= 0.6 is 0 Å². The zero-order chi connectivity index (χ0) is 15.7. The van der Waals surface area contributed by atoms with Crippen LogP contribution in [0.4, 0.5) is 0 Å². The maximum Gasteiger partial charge on any atom is 0.239 e. The number of ether oxygens (including phenoxy) is 1. The SMILES string of the molecule is CC(C)(C)C1CCN(C(=O)C2CCCCN2C2COC2)CC1. The van der Waals surface area contributed by atoms with E-state index in [1.807, 2.05) is 0 Å². The van der Waals surface area contributed by atoms with Gasteiger partial charge in [0.1, 0.15) is 0 Å². The van der Waals surface area contributed by atoms with Crippen LogP contribution in [0.5, 0.6) is 0 Å². The van der Waals surface area contributed by atoms with Crippen molar-refractivity contribution in [1.82, 2.24) is 9.80 Å². The number of hydrogen-bond donors (Lipinski definition) is 0. The fourth-order valence-electron chi connectivity index (χ4n) is 4.25. The quantitative estimate of drug-likeness (QED) is 0.786. The maximum atomic E-state index is 13.0. The van der Waals surface area contributed by atoms with Gasteiger partial charge in [-0.2, -0.15) is 0 Å². The maximum absolute atomic E-state index is 13.0. The van der Waals surface area contributed by atoms with E-state index in [1.54, 1.807) is 0 Å². The van der Waals surface area contributed by atoms with E-state index in [1.165, 1.54) is 12.8 Å². The highest BCUT2D eigenvalue weighted by Crippen LogP contribution is 2.35. The summed E-state index contributed by atoms with van der Waals surface area (Å²) in [7, 11) is 0. The lowest BCUT2D eigenvalue weighted by molar-refractivity contribution is -0.148. The summed E-state index contributed by atoms with van der Waals surface area (Å²) < 4.78 is 5.35. The Morgan fingerprint density at radius 3 is 2.23 bits per heavy atom. The summed E-state index contributed by atoms with van der Waals surface area (Å²) in [6.07, 6.45) is 5.78. The first kappa shape index (κ1) is 16.3. The minimum atomic E-state index is 0.119. The first-order valence-electron chi connectivity index (χ1n) is 9.09. The molecule has 3 fully saturated rings. The Kier molecular flexibility index (Phi) is 4.79. The van der Waals surface area contributed by atoms with Gasteiger partial charge in [0.2, 0.25) is 5.91 Å². The average molecular weight is 308 g/mol. The average Bonchev–Trinajstić information content (AvgIpc) is 2.45. The molecule has 0 radical (unpaired) electrons. The molecular weight excluding hydrogens is 276 g/mol. The van der Waals surface area contributed by atoms with Crippen molar-refractivity contribution in [3.8, 4) is 0 Å². The summed E-state index contributed by atoms with van der Waals surface area (Å²) in [5.74, 6) is 1.14. The van der Waals surface area contributed by atoms with Gasteiger partial charge in [-0.1, -0.05) is 27.2 Å². The number of piperidine rings is 2. The van der Waals surface area contributed by atoms with Crippen molar-refractivity contribution in [3.05, 3.63) is 0 Å². The summed E-state index contributed by atoms with van der Waals surface area (Å²) in [4.78, 5) is 17.6. The summed E-state index contributed by atoms with van der Waals surface area (Å²) in [5.41, 5.74) is 0.370. The van der Waals surface area contributed by atoms with Crippen molar-refractivity contribution in [3.63, 3.8) is 0 Å². The van der Waals surface area contributed by atoms with Gasteiger partial charge in [-0.25, -0.2) is 0 Å². The highest BCUT2D eigenvalue weighted by Gasteiger charge is 2.39. The topological polar surface area (TPSA) is 32.8 Å². The number of amides is 1. The molecule has 3 heterocycles. The van der Waals surface area contributed by atoms with Crippen molar-refractivity contribution in [2.45, 2.75) is 65.0 Å². The molecule has 0 saturated carbocycles. The molecule has 4 nitrogen and oxygen atoms in total. The lowest BCUT2D eigenvalue weighted by atomic mass is 9.75. The summed E-state index contributed by atoms with van der Waals surface area (Å²) in [6, 6.07) is 0.607. The number of rotatable bonds is 2. The van der Waals surface area contributed by atoms with Crippen LogP contribution < -0.4 is 0 Å². The largest absolute Gasteiger partial charge is 0.378 e. The van der Waals surface area contributed by atoms with Gasteiger partial charge in [0.15, 0.2) is 0 Å².